The Morgan fingerprint density at radius 1 is 1.10 bits per heavy atom. The summed E-state index contributed by atoms with van der Waals surface area (Å²) in [6.45, 7) is 1.76. The highest BCUT2D eigenvalue weighted by molar-refractivity contribution is 5.91. The maximum atomic E-state index is 9.55. The van der Waals surface area contributed by atoms with Crippen molar-refractivity contribution in [2.24, 2.45) is 7.05 Å². The summed E-state index contributed by atoms with van der Waals surface area (Å²) in [4.78, 5) is 25.6. The Kier molecular flexibility index (Phi) is 8.71. The van der Waals surface area contributed by atoms with Gasteiger partial charge < -0.3 is 19.8 Å². The summed E-state index contributed by atoms with van der Waals surface area (Å²) >= 11 is 0. The highest BCUT2D eigenvalue weighted by atomic mass is 16.5. The van der Waals surface area contributed by atoms with E-state index >= 15 is 0 Å². The fraction of sp³-hybridized carbons (Fsp3) is 0.273. The van der Waals surface area contributed by atoms with Crippen molar-refractivity contribution in [3.63, 3.8) is 0 Å². The quantitative estimate of drug-likeness (QED) is 0.417. The summed E-state index contributed by atoms with van der Waals surface area (Å²) in [5, 5.41) is 21.3. The van der Waals surface area contributed by atoms with Crippen LogP contribution in [0.25, 0.3) is 22.3 Å². The van der Waals surface area contributed by atoms with E-state index in [0.29, 0.717) is 12.2 Å². The van der Waals surface area contributed by atoms with E-state index in [1.165, 1.54) is 0 Å². The Labute approximate surface area is 180 Å². The van der Waals surface area contributed by atoms with Crippen molar-refractivity contribution in [2.45, 2.75) is 6.42 Å². The molecule has 2 heterocycles. The number of carbonyl (C=O) groups is 2. The van der Waals surface area contributed by atoms with Crippen LogP contribution in [-0.2, 0) is 16.6 Å². The van der Waals surface area contributed by atoms with Gasteiger partial charge in [0.15, 0.2) is 5.65 Å². The van der Waals surface area contributed by atoms with E-state index in [9.17, 15) is 9.59 Å². The minimum Gasteiger partial charge on any atom is -0.494 e. The molecule has 0 spiro atoms. The minimum atomic E-state index is -1.26. The molecule has 2 N–H and O–H groups in total. The first-order chi connectivity index (χ1) is 14.8. The van der Waals surface area contributed by atoms with Crippen LogP contribution in [0.15, 0.2) is 54.7 Å². The maximum absolute atomic E-state index is 9.55. The zero-order chi connectivity index (χ0) is 22.8. The second-order valence-corrected chi connectivity index (χ2v) is 6.89. The molecule has 0 amide bonds. The van der Waals surface area contributed by atoms with Crippen molar-refractivity contribution in [2.75, 3.05) is 27.2 Å². The third-order valence-electron chi connectivity index (χ3n) is 4.11. The van der Waals surface area contributed by atoms with E-state index in [1.807, 2.05) is 29.9 Å². The topological polar surface area (TPSA) is 118 Å². The number of fused-ring (bicyclic) bond motifs is 1. The summed E-state index contributed by atoms with van der Waals surface area (Å²) in [7, 11) is 6.06. The zero-order valence-electron chi connectivity index (χ0n) is 17.7. The highest BCUT2D eigenvalue weighted by Crippen LogP contribution is 2.27. The lowest BCUT2D eigenvalue weighted by Crippen LogP contribution is -2.15. The van der Waals surface area contributed by atoms with Gasteiger partial charge in [0.05, 0.1) is 6.61 Å². The molecule has 0 aliphatic heterocycles. The van der Waals surface area contributed by atoms with Crippen LogP contribution in [0.5, 0.6) is 5.75 Å². The molecule has 2 aromatic heterocycles. The van der Waals surface area contributed by atoms with E-state index in [2.05, 4.69) is 47.3 Å². The number of aromatic nitrogens is 3. The fourth-order valence-corrected chi connectivity index (χ4v) is 2.73. The molecule has 0 aliphatic rings. The molecule has 9 nitrogen and oxygen atoms in total. The SMILES string of the molecule is CN(C)CCCOc1ccc(-c2nn(C)c3ncccc23)cc1.O=C(O)/C=C\C(=O)O. The second kappa shape index (κ2) is 11.5. The molecule has 0 saturated heterocycles. The first kappa shape index (κ1) is 23.6. The molecule has 1 aromatic carbocycles. The monoisotopic (exact) mass is 426 g/mol. The van der Waals surface area contributed by atoms with E-state index in [-0.39, 0.29) is 0 Å². The Morgan fingerprint density at radius 2 is 1.74 bits per heavy atom. The standard InChI is InChI=1S/C18H22N4O.C4H4O4/c1-21(2)12-5-13-23-15-9-7-14(8-10-15)17-16-6-4-11-19-18(16)22(3)20-17;5-3(6)1-2-4(7)8/h4,6-11H,5,12-13H2,1-3H3;1-2H,(H,5,6)(H,7,8)/b;2-1-. The van der Waals surface area contributed by atoms with Crippen LogP contribution in [0.1, 0.15) is 6.42 Å². The molecule has 0 atom stereocenters. The number of aryl methyl sites for hydroxylation is 1. The van der Waals surface area contributed by atoms with Gasteiger partial charge in [0.2, 0.25) is 0 Å². The summed E-state index contributed by atoms with van der Waals surface area (Å²) in [5.41, 5.74) is 2.92. The van der Waals surface area contributed by atoms with E-state index in [0.717, 1.165) is 47.6 Å². The average Bonchev–Trinajstić information content (AvgIpc) is 3.07. The molecule has 0 radical (unpaired) electrons. The lowest BCUT2D eigenvalue weighted by molar-refractivity contribution is -0.134. The average molecular weight is 426 g/mol. The summed E-state index contributed by atoms with van der Waals surface area (Å²) in [6, 6.07) is 12.1. The van der Waals surface area contributed by atoms with Crippen molar-refractivity contribution in [3.05, 3.63) is 54.7 Å². The molecule has 0 unspecified atom stereocenters. The van der Waals surface area contributed by atoms with Crippen LogP contribution in [0, 0.1) is 0 Å². The number of carboxylic acids is 2. The van der Waals surface area contributed by atoms with Gasteiger partial charge in [0.25, 0.3) is 0 Å². The van der Waals surface area contributed by atoms with Gasteiger partial charge >= 0.3 is 11.9 Å². The van der Waals surface area contributed by atoms with Crippen molar-refractivity contribution < 1.29 is 24.5 Å². The van der Waals surface area contributed by atoms with Gasteiger partial charge in [0, 0.05) is 42.9 Å². The normalized spacial score (nSPS) is 10.8. The lowest BCUT2D eigenvalue weighted by atomic mass is 10.1. The highest BCUT2D eigenvalue weighted by Gasteiger charge is 2.11. The Bertz CT molecular complexity index is 1030. The zero-order valence-corrected chi connectivity index (χ0v) is 17.7. The van der Waals surface area contributed by atoms with Gasteiger partial charge in [-0.15, -0.1) is 0 Å². The predicted molar refractivity (Wildman–Crippen MR) is 117 cm³/mol. The molecule has 0 bridgehead atoms. The first-order valence-electron chi connectivity index (χ1n) is 9.57. The number of carboxylic acid groups (broad SMARTS) is 2. The summed E-state index contributed by atoms with van der Waals surface area (Å²) in [6.07, 6.45) is 3.93. The maximum Gasteiger partial charge on any atom is 0.328 e. The van der Waals surface area contributed by atoms with Gasteiger partial charge in [0.1, 0.15) is 11.4 Å². The molecule has 9 heteroatoms. The molecule has 31 heavy (non-hydrogen) atoms. The van der Waals surface area contributed by atoms with Crippen molar-refractivity contribution in [1.29, 1.82) is 0 Å². The molecular weight excluding hydrogens is 400 g/mol. The number of ether oxygens (including phenoxy) is 1. The Balaban J connectivity index is 0.000000366. The number of hydrogen-bond acceptors (Lipinski definition) is 6. The smallest absolute Gasteiger partial charge is 0.328 e. The first-order valence-corrected chi connectivity index (χ1v) is 9.57. The molecule has 0 fully saturated rings. The van der Waals surface area contributed by atoms with Crippen molar-refractivity contribution in [3.8, 4) is 17.0 Å². The van der Waals surface area contributed by atoms with Gasteiger partial charge in [-0.1, -0.05) is 0 Å². The third-order valence-corrected chi connectivity index (χ3v) is 4.11. The minimum absolute atomic E-state index is 0.558. The van der Waals surface area contributed by atoms with Crippen LogP contribution in [0.4, 0.5) is 0 Å². The predicted octanol–water partition coefficient (Wildman–Crippen LogP) is 2.68. The molecule has 3 rings (SSSR count). The summed E-state index contributed by atoms with van der Waals surface area (Å²) < 4.78 is 7.59. The Morgan fingerprint density at radius 3 is 2.32 bits per heavy atom. The van der Waals surface area contributed by atoms with Crippen molar-refractivity contribution in [1.82, 2.24) is 19.7 Å². The second-order valence-electron chi connectivity index (χ2n) is 6.89. The molecule has 0 aliphatic carbocycles. The number of aliphatic carboxylic acids is 2. The number of rotatable bonds is 8. The molecule has 3 aromatic rings. The van der Waals surface area contributed by atoms with E-state index < -0.39 is 11.9 Å². The van der Waals surface area contributed by atoms with Crippen LogP contribution in [0.2, 0.25) is 0 Å². The van der Waals surface area contributed by atoms with Gasteiger partial charge in [-0.05, 0) is 56.9 Å². The number of pyridine rings is 1. The molecule has 0 saturated carbocycles. The lowest BCUT2D eigenvalue weighted by Gasteiger charge is -2.10. The largest absolute Gasteiger partial charge is 0.494 e. The van der Waals surface area contributed by atoms with E-state index in [1.54, 1.807) is 6.20 Å². The van der Waals surface area contributed by atoms with E-state index in [4.69, 9.17) is 14.9 Å². The number of hydrogen-bond donors (Lipinski definition) is 2. The fourth-order valence-electron chi connectivity index (χ4n) is 2.73. The van der Waals surface area contributed by atoms with Gasteiger partial charge in [-0.3, -0.25) is 0 Å². The summed E-state index contributed by atoms with van der Waals surface area (Å²) in [5.74, 6) is -1.62. The number of nitrogens with zero attached hydrogens (tertiary/aromatic N) is 4. The van der Waals surface area contributed by atoms with Gasteiger partial charge in [-0.25, -0.2) is 19.3 Å². The van der Waals surface area contributed by atoms with Crippen LogP contribution < -0.4 is 4.74 Å². The Hall–Kier alpha value is -3.72. The van der Waals surface area contributed by atoms with Crippen LogP contribution >= 0.6 is 0 Å². The van der Waals surface area contributed by atoms with Crippen LogP contribution in [0.3, 0.4) is 0 Å². The van der Waals surface area contributed by atoms with Crippen LogP contribution in [-0.4, -0.2) is 69.1 Å². The molecular formula is C22H26N4O5. The van der Waals surface area contributed by atoms with Gasteiger partial charge in [-0.2, -0.15) is 5.10 Å². The molecule has 164 valence electrons. The van der Waals surface area contributed by atoms with Crippen molar-refractivity contribution >= 4 is 23.0 Å². The third kappa shape index (κ3) is 7.56. The number of benzene rings is 1.